The first-order valence-electron chi connectivity index (χ1n) is 8.41. The van der Waals surface area contributed by atoms with E-state index in [1.807, 2.05) is 43.3 Å². The van der Waals surface area contributed by atoms with Gasteiger partial charge in [-0.25, -0.2) is 8.78 Å². The molecule has 0 saturated carbocycles. The van der Waals surface area contributed by atoms with Gasteiger partial charge in [0.25, 0.3) is 0 Å². The molecule has 1 atom stereocenters. The summed E-state index contributed by atoms with van der Waals surface area (Å²) in [6.07, 6.45) is 3.50. The number of pyridine rings is 1. The van der Waals surface area contributed by atoms with E-state index in [9.17, 15) is 8.78 Å². The Morgan fingerprint density at radius 2 is 1.81 bits per heavy atom. The Bertz CT molecular complexity index is 838. The Morgan fingerprint density at radius 1 is 1.00 bits per heavy atom. The Morgan fingerprint density at radius 3 is 2.50 bits per heavy atom. The summed E-state index contributed by atoms with van der Waals surface area (Å²) in [5.74, 6) is -0.875. The monoisotopic (exact) mass is 354 g/mol. The molecule has 3 aromatic rings. The smallest absolute Gasteiger partial charge is 0.159 e. The lowest BCUT2D eigenvalue weighted by Gasteiger charge is -2.15. The lowest BCUT2D eigenvalue weighted by Crippen LogP contribution is -2.18. The zero-order valence-electron chi connectivity index (χ0n) is 14.5. The summed E-state index contributed by atoms with van der Waals surface area (Å²) < 4.78 is 32.1. The third-order valence-electron chi connectivity index (χ3n) is 4.11. The first-order chi connectivity index (χ1) is 12.6. The Balaban J connectivity index is 1.51. The summed E-state index contributed by atoms with van der Waals surface area (Å²) >= 11 is 0. The van der Waals surface area contributed by atoms with Crippen LogP contribution in [0.1, 0.15) is 29.7 Å². The molecule has 0 saturated heterocycles. The van der Waals surface area contributed by atoms with Crippen LogP contribution in [0.5, 0.6) is 5.75 Å². The summed E-state index contributed by atoms with van der Waals surface area (Å²) in [4.78, 5) is 4.05. The van der Waals surface area contributed by atoms with E-state index in [2.05, 4.69) is 10.3 Å². The van der Waals surface area contributed by atoms with Crippen LogP contribution in [0.4, 0.5) is 8.78 Å². The van der Waals surface area contributed by atoms with Gasteiger partial charge >= 0.3 is 0 Å². The van der Waals surface area contributed by atoms with E-state index >= 15 is 0 Å². The number of rotatable bonds is 7. The molecule has 1 aromatic heterocycles. The highest BCUT2D eigenvalue weighted by Crippen LogP contribution is 2.18. The van der Waals surface area contributed by atoms with Gasteiger partial charge in [0.1, 0.15) is 12.4 Å². The molecule has 3 rings (SSSR count). The summed E-state index contributed by atoms with van der Waals surface area (Å²) in [7, 11) is 0. The number of nitrogens with one attached hydrogen (secondary N) is 1. The lowest BCUT2D eigenvalue weighted by atomic mass is 10.1. The Hall–Kier alpha value is -2.79. The van der Waals surface area contributed by atoms with Gasteiger partial charge in [0.2, 0.25) is 0 Å². The molecule has 0 aliphatic heterocycles. The van der Waals surface area contributed by atoms with E-state index in [0.29, 0.717) is 18.7 Å². The topological polar surface area (TPSA) is 34.1 Å². The van der Waals surface area contributed by atoms with Crippen molar-refractivity contribution < 1.29 is 13.5 Å². The van der Waals surface area contributed by atoms with Crippen molar-refractivity contribution in [2.75, 3.05) is 0 Å². The summed E-state index contributed by atoms with van der Waals surface area (Å²) in [5.41, 5.74) is 2.80. The zero-order valence-corrected chi connectivity index (χ0v) is 14.5. The summed E-state index contributed by atoms with van der Waals surface area (Å²) in [6.45, 7) is 3.00. The van der Waals surface area contributed by atoms with Gasteiger partial charge in [-0.2, -0.15) is 0 Å². The van der Waals surface area contributed by atoms with Crippen molar-refractivity contribution in [3.63, 3.8) is 0 Å². The van der Waals surface area contributed by atoms with Gasteiger partial charge in [-0.15, -0.1) is 0 Å². The maximum atomic E-state index is 13.3. The predicted octanol–water partition coefficient (Wildman–Crippen LogP) is 4.79. The van der Waals surface area contributed by atoms with Crippen molar-refractivity contribution in [3.8, 4) is 5.75 Å². The molecule has 0 aliphatic rings. The van der Waals surface area contributed by atoms with E-state index < -0.39 is 11.6 Å². The van der Waals surface area contributed by atoms with Crippen molar-refractivity contribution in [1.82, 2.24) is 10.3 Å². The van der Waals surface area contributed by atoms with Crippen LogP contribution < -0.4 is 10.1 Å². The molecule has 1 unspecified atom stereocenters. The van der Waals surface area contributed by atoms with Gasteiger partial charge in [0.15, 0.2) is 11.6 Å². The van der Waals surface area contributed by atoms with Crippen LogP contribution in [-0.4, -0.2) is 4.98 Å². The first kappa shape index (κ1) is 18.0. The first-order valence-corrected chi connectivity index (χ1v) is 8.41. The van der Waals surface area contributed by atoms with Crippen LogP contribution in [0.15, 0.2) is 67.0 Å². The molecule has 0 radical (unpaired) electrons. The maximum Gasteiger partial charge on any atom is 0.159 e. The van der Waals surface area contributed by atoms with Crippen LogP contribution in [0.2, 0.25) is 0 Å². The molecule has 0 aliphatic carbocycles. The number of aromatic nitrogens is 1. The fourth-order valence-corrected chi connectivity index (χ4v) is 2.52. The second kappa shape index (κ2) is 8.54. The second-order valence-corrected chi connectivity index (χ2v) is 6.07. The highest BCUT2D eigenvalue weighted by atomic mass is 19.2. The average molecular weight is 354 g/mol. The van der Waals surface area contributed by atoms with Gasteiger partial charge < -0.3 is 10.1 Å². The standard InChI is InChI=1S/C21H20F2N2O/c1-15(18-6-9-20(22)21(23)11-18)25-13-16-4-7-19(8-5-16)26-14-17-3-2-10-24-12-17/h2-12,15,25H,13-14H2,1H3. The van der Waals surface area contributed by atoms with Crippen LogP contribution in [0.25, 0.3) is 0 Å². The highest BCUT2D eigenvalue weighted by molar-refractivity contribution is 5.28. The summed E-state index contributed by atoms with van der Waals surface area (Å²) in [6, 6.07) is 15.5. The highest BCUT2D eigenvalue weighted by Gasteiger charge is 2.09. The molecule has 26 heavy (non-hydrogen) atoms. The second-order valence-electron chi connectivity index (χ2n) is 6.07. The zero-order chi connectivity index (χ0) is 18.4. The molecule has 1 N–H and O–H groups in total. The Labute approximate surface area is 151 Å². The van der Waals surface area contributed by atoms with Gasteiger partial charge in [-0.3, -0.25) is 4.98 Å². The third-order valence-corrected chi connectivity index (χ3v) is 4.11. The maximum absolute atomic E-state index is 13.3. The molecule has 0 spiro atoms. The minimum atomic E-state index is -0.831. The molecule has 3 nitrogen and oxygen atoms in total. The van der Waals surface area contributed by atoms with Crippen molar-refractivity contribution in [2.45, 2.75) is 26.1 Å². The molecule has 0 fully saturated rings. The number of halogens is 2. The van der Waals surface area contributed by atoms with Gasteiger partial charge in [-0.1, -0.05) is 24.3 Å². The molecule has 2 aromatic carbocycles. The van der Waals surface area contributed by atoms with Crippen molar-refractivity contribution in [3.05, 3.63) is 95.3 Å². The molecule has 1 heterocycles. The number of ether oxygens (including phenoxy) is 1. The van der Waals surface area contributed by atoms with Gasteiger partial charge in [0, 0.05) is 30.5 Å². The number of hydrogen-bond donors (Lipinski definition) is 1. The normalized spacial score (nSPS) is 12.0. The fraction of sp³-hybridized carbons (Fsp3) is 0.190. The minimum Gasteiger partial charge on any atom is -0.489 e. The van der Waals surface area contributed by atoms with Crippen LogP contribution in [0.3, 0.4) is 0 Å². The van der Waals surface area contributed by atoms with Crippen LogP contribution in [0, 0.1) is 11.6 Å². The van der Waals surface area contributed by atoms with E-state index in [1.165, 1.54) is 6.07 Å². The number of nitrogens with zero attached hydrogens (tertiary/aromatic N) is 1. The lowest BCUT2D eigenvalue weighted by molar-refractivity contribution is 0.305. The van der Waals surface area contributed by atoms with Crippen molar-refractivity contribution in [1.29, 1.82) is 0 Å². The van der Waals surface area contributed by atoms with Crippen molar-refractivity contribution in [2.24, 2.45) is 0 Å². The largest absolute Gasteiger partial charge is 0.489 e. The van der Waals surface area contributed by atoms with E-state index in [-0.39, 0.29) is 6.04 Å². The molecule has 134 valence electrons. The van der Waals surface area contributed by atoms with Gasteiger partial charge in [-0.05, 0) is 48.4 Å². The SMILES string of the molecule is CC(NCc1ccc(OCc2cccnc2)cc1)c1ccc(F)c(F)c1. The molecular weight excluding hydrogens is 334 g/mol. The van der Waals surface area contributed by atoms with Crippen molar-refractivity contribution >= 4 is 0 Å². The quantitative estimate of drug-likeness (QED) is 0.662. The van der Waals surface area contributed by atoms with Crippen LogP contribution >= 0.6 is 0 Å². The number of benzene rings is 2. The predicted molar refractivity (Wildman–Crippen MR) is 96.6 cm³/mol. The van der Waals surface area contributed by atoms with E-state index in [1.54, 1.807) is 18.5 Å². The van der Waals surface area contributed by atoms with E-state index in [0.717, 1.165) is 22.9 Å². The van der Waals surface area contributed by atoms with Gasteiger partial charge in [0.05, 0.1) is 0 Å². The molecule has 0 amide bonds. The van der Waals surface area contributed by atoms with Crippen LogP contribution in [-0.2, 0) is 13.2 Å². The third kappa shape index (κ3) is 4.86. The van der Waals surface area contributed by atoms with E-state index in [4.69, 9.17) is 4.74 Å². The number of hydrogen-bond acceptors (Lipinski definition) is 3. The molecular formula is C21H20F2N2O. The summed E-state index contributed by atoms with van der Waals surface area (Å²) in [5, 5.41) is 3.30. The molecule has 0 bridgehead atoms. The molecule has 5 heteroatoms. The fourth-order valence-electron chi connectivity index (χ4n) is 2.52. The minimum absolute atomic E-state index is 0.0911. The average Bonchev–Trinajstić information content (AvgIpc) is 2.68. The Kier molecular flexibility index (Phi) is 5.92.